The molecule has 3 nitrogen and oxygen atoms in total. The molecule has 1 heterocycles. The van der Waals surface area contributed by atoms with Gasteiger partial charge < -0.3 is 5.73 Å². The third-order valence-electron chi connectivity index (χ3n) is 3.52. The molecular weight excluding hydrogens is 248 g/mol. The summed E-state index contributed by atoms with van der Waals surface area (Å²) < 4.78 is 29.3. The van der Waals surface area contributed by atoms with Gasteiger partial charge in [0, 0.05) is 23.9 Å². The molecule has 0 aliphatic rings. The van der Waals surface area contributed by atoms with Gasteiger partial charge in [-0.2, -0.15) is 5.10 Å². The largest absolute Gasteiger partial charge is 0.320 e. The van der Waals surface area contributed by atoms with Crippen LogP contribution < -0.4 is 5.73 Å². The predicted molar refractivity (Wildman–Crippen MR) is 69.8 cm³/mol. The lowest BCUT2D eigenvalue weighted by atomic mass is 9.96. The second kappa shape index (κ2) is 4.74. The summed E-state index contributed by atoms with van der Waals surface area (Å²) in [5.41, 5.74) is 8.84. The SMILES string of the molecule is Cc1ccc(C(N)c2c(C)nn(C)c2C)c(F)c1F. The van der Waals surface area contributed by atoms with Crippen LogP contribution in [0.25, 0.3) is 0 Å². The Kier molecular flexibility index (Phi) is 3.41. The van der Waals surface area contributed by atoms with Gasteiger partial charge in [0.05, 0.1) is 11.7 Å². The fraction of sp³-hybridized carbons (Fsp3) is 0.357. The Morgan fingerprint density at radius 1 is 1.16 bits per heavy atom. The van der Waals surface area contributed by atoms with Crippen LogP contribution in [-0.4, -0.2) is 9.78 Å². The summed E-state index contributed by atoms with van der Waals surface area (Å²) in [5, 5.41) is 4.25. The zero-order chi connectivity index (χ0) is 14.3. The van der Waals surface area contributed by atoms with Crippen molar-refractivity contribution < 1.29 is 8.78 Å². The second-order valence-corrected chi connectivity index (χ2v) is 4.79. The molecular formula is C14H17F2N3. The molecule has 0 spiro atoms. The topological polar surface area (TPSA) is 43.8 Å². The maximum Gasteiger partial charge on any atom is 0.164 e. The van der Waals surface area contributed by atoms with Crippen LogP contribution in [0.1, 0.15) is 34.1 Å². The van der Waals surface area contributed by atoms with E-state index in [-0.39, 0.29) is 11.1 Å². The molecule has 1 unspecified atom stereocenters. The maximum absolute atomic E-state index is 14.0. The van der Waals surface area contributed by atoms with E-state index in [4.69, 9.17) is 5.73 Å². The second-order valence-electron chi connectivity index (χ2n) is 4.79. The molecule has 0 saturated heterocycles. The molecule has 19 heavy (non-hydrogen) atoms. The first-order chi connectivity index (χ1) is 8.84. The van der Waals surface area contributed by atoms with Gasteiger partial charge in [-0.1, -0.05) is 12.1 Å². The maximum atomic E-state index is 14.0. The van der Waals surface area contributed by atoms with Crippen molar-refractivity contribution in [2.24, 2.45) is 12.8 Å². The molecule has 5 heteroatoms. The zero-order valence-electron chi connectivity index (χ0n) is 11.5. The highest BCUT2D eigenvalue weighted by atomic mass is 19.2. The predicted octanol–water partition coefficient (Wildman–Crippen LogP) is 2.67. The lowest BCUT2D eigenvalue weighted by Crippen LogP contribution is -2.16. The average Bonchev–Trinajstić information content (AvgIpc) is 2.60. The number of nitrogens with two attached hydrogens (primary N) is 1. The molecule has 1 aromatic heterocycles. The monoisotopic (exact) mass is 265 g/mol. The van der Waals surface area contributed by atoms with Gasteiger partial charge in [0.2, 0.25) is 0 Å². The number of nitrogens with zero attached hydrogens (tertiary/aromatic N) is 2. The van der Waals surface area contributed by atoms with Gasteiger partial charge >= 0.3 is 0 Å². The highest BCUT2D eigenvalue weighted by Crippen LogP contribution is 2.28. The summed E-state index contributed by atoms with van der Waals surface area (Å²) in [6.07, 6.45) is 0. The van der Waals surface area contributed by atoms with Crippen molar-refractivity contribution >= 4 is 0 Å². The van der Waals surface area contributed by atoms with E-state index in [2.05, 4.69) is 5.10 Å². The third-order valence-corrected chi connectivity index (χ3v) is 3.52. The van der Waals surface area contributed by atoms with Crippen LogP contribution in [0.4, 0.5) is 8.78 Å². The quantitative estimate of drug-likeness (QED) is 0.907. The Morgan fingerprint density at radius 2 is 1.79 bits per heavy atom. The summed E-state index contributed by atoms with van der Waals surface area (Å²) in [6, 6.07) is 2.35. The third kappa shape index (κ3) is 2.14. The molecule has 102 valence electrons. The first kappa shape index (κ1) is 13.7. The molecule has 1 aromatic carbocycles. The Balaban J connectivity index is 2.56. The van der Waals surface area contributed by atoms with Gasteiger partial charge in [-0.25, -0.2) is 8.78 Å². The zero-order valence-corrected chi connectivity index (χ0v) is 11.5. The molecule has 2 rings (SSSR count). The fourth-order valence-corrected chi connectivity index (χ4v) is 2.30. The lowest BCUT2D eigenvalue weighted by molar-refractivity contribution is 0.489. The molecule has 0 saturated carbocycles. The smallest absolute Gasteiger partial charge is 0.164 e. The highest BCUT2D eigenvalue weighted by Gasteiger charge is 2.23. The molecule has 2 N–H and O–H groups in total. The van der Waals surface area contributed by atoms with E-state index >= 15 is 0 Å². The molecule has 1 atom stereocenters. The molecule has 0 aliphatic carbocycles. The van der Waals surface area contributed by atoms with Gasteiger partial charge in [0.25, 0.3) is 0 Å². The Hall–Kier alpha value is -1.75. The highest BCUT2D eigenvalue weighted by molar-refractivity contribution is 5.38. The molecule has 0 fully saturated rings. The number of hydrogen-bond acceptors (Lipinski definition) is 2. The van der Waals surface area contributed by atoms with Crippen LogP contribution in [0.2, 0.25) is 0 Å². The summed E-state index contributed by atoms with van der Waals surface area (Å²) >= 11 is 0. The van der Waals surface area contributed by atoms with Crippen molar-refractivity contribution in [3.63, 3.8) is 0 Å². The van der Waals surface area contributed by atoms with E-state index < -0.39 is 17.7 Å². The van der Waals surface area contributed by atoms with Crippen LogP contribution in [0.5, 0.6) is 0 Å². The van der Waals surface area contributed by atoms with Gasteiger partial charge in [-0.15, -0.1) is 0 Å². The molecule has 0 bridgehead atoms. The number of aryl methyl sites for hydroxylation is 3. The van der Waals surface area contributed by atoms with E-state index in [1.165, 1.54) is 19.1 Å². The summed E-state index contributed by atoms with van der Waals surface area (Å²) in [4.78, 5) is 0. The van der Waals surface area contributed by atoms with Crippen LogP contribution in [0.15, 0.2) is 12.1 Å². The van der Waals surface area contributed by atoms with Gasteiger partial charge in [-0.3, -0.25) is 4.68 Å². The fourth-order valence-electron chi connectivity index (χ4n) is 2.30. The number of aromatic nitrogens is 2. The van der Waals surface area contributed by atoms with E-state index in [9.17, 15) is 8.78 Å². The number of halogens is 2. The van der Waals surface area contributed by atoms with Crippen LogP contribution in [0.3, 0.4) is 0 Å². The van der Waals surface area contributed by atoms with E-state index in [0.717, 1.165) is 17.0 Å². The van der Waals surface area contributed by atoms with Gasteiger partial charge in [-0.05, 0) is 26.3 Å². The van der Waals surface area contributed by atoms with Gasteiger partial charge in [0.15, 0.2) is 11.6 Å². The number of rotatable bonds is 2. The minimum absolute atomic E-state index is 0.155. The van der Waals surface area contributed by atoms with Crippen LogP contribution in [0, 0.1) is 32.4 Å². The minimum atomic E-state index is -0.879. The number of benzene rings is 1. The van der Waals surface area contributed by atoms with Crippen molar-refractivity contribution in [1.82, 2.24) is 9.78 Å². The normalized spacial score (nSPS) is 12.8. The Bertz CT molecular complexity index is 632. The molecule has 0 aliphatic heterocycles. The van der Waals surface area contributed by atoms with E-state index in [0.29, 0.717) is 0 Å². The standard InChI is InChI=1S/C14H17F2N3/c1-7-5-6-10(13(16)12(7)15)14(17)11-8(2)18-19(4)9(11)3/h5-6,14H,17H2,1-4H3. The van der Waals surface area contributed by atoms with Crippen LogP contribution in [-0.2, 0) is 7.05 Å². The summed E-state index contributed by atoms with van der Waals surface area (Å²) in [5.74, 6) is -1.72. The summed E-state index contributed by atoms with van der Waals surface area (Å²) in [6.45, 7) is 5.19. The minimum Gasteiger partial charge on any atom is -0.320 e. The van der Waals surface area contributed by atoms with Crippen molar-refractivity contribution in [3.05, 3.63) is 51.8 Å². The van der Waals surface area contributed by atoms with Crippen molar-refractivity contribution in [3.8, 4) is 0 Å². The summed E-state index contributed by atoms with van der Waals surface area (Å²) in [7, 11) is 1.80. The van der Waals surface area contributed by atoms with Crippen molar-refractivity contribution in [2.75, 3.05) is 0 Å². The van der Waals surface area contributed by atoms with E-state index in [1.807, 2.05) is 13.8 Å². The average molecular weight is 265 g/mol. The van der Waals surface area contributed by atoms with E-state index in [1.54, 1.807) is 11.7 Å². The number of hydrogen-bond donors (Lipinski definition) is 1. The lowest BCUT2D eigenvalue weighted by Gasteiger charge is -2.15. The first-order valence-electron chi connectivity index (χ1n) is 6.04. The molecule has 0 amide bonds. The van der Waals surface area contributed by atoms with Gasteiger partial charge in [0.1, 0.15) is 0 Å². The van der Waals surface area contributed by atoms with Crippen molar-refractivity contribution in [2.45, 2.75) is 26.8 Å². The molecule has 2 aromatic rings. The van der Waals surface area contributed by atoms with Crippen molar-refractivity contribution in [1.29, 1.82) is 0 Å². The Labute approximate surface area is 111 Å². The first-order valence-corrected chi connectivity index (χ1v) is 6.04. The molecule has 0 radical (unpaired) electrons. The van der Waals surface area contributed by atoms with Crippen LogP contribution >= 0.6 is 0 Å². The Morgan fingerprint density at radius 3 is 2.32 bits per heavy atom.